The summed E-state index contributed by atoms with van der Waals surface area (Å²) < 4.78 is 0. The molecule has 0 radical (unpaired) electrons. The first-order chi connectivity index (χ1) is 44.1. The highest BCUT2D eigenvalue weighted by Gasteiger charge is 2.38. The number of benzene rings is 1. The lowest BCUT2D eigenvalue weighted by atomic mass is 9.95. The molecule has 94 heavy (non-hydrogen) atoms. The van der Waals surface area contributed by atoms with E-state index in [1.165, 1.54) is 38.1 Å². The zero-order valence-electron chi connectivity index (χ0n) is 53.5. The van der Waals surface area contributed by atoms with Crippen molar-refractivity contribution in [3.8, 4) is 5.75 Å². The van der Waals surface area contributed by atoms with Crippen LogP contribution >= 0.6 is 0 Å². The number of guanidine groups is 4. The number of phenols is 1. The quantitative estimate of drug-likeness (QED) is 0.0164. The van der Waals surface area contributed by atoms with Crippen molar-refractivity contribution in [1.82, 2.24) is 47.9 Å². The molecule has 38 nitrogen and oxygen atoms in total. The van der Waals surface area contributed by atoms with Crippen LogP contribution in [0.5, 0.6) is 5.75 Å². The number of nitrogens with zero attached hydrogens (tertiary/aromatic N) is 4. The first-order valence-corrected chi connectivity index (χ1v) is 30.4. The maximum Gasteiger partial charge on any atom is 0.326 e. The van der Waals surface area contributed by atoms with Crippen molar-refractivity contribution in [1.29, 1.82) is 0 Å². The molecule has 0 aliphatic carbocycles. The number of rotatable bonds is 45. The van der Waals surface area contributed by atoms with Gasteiger partial charge in [-0.05, 0) is 87.8 Å². The van der Waals surface area contributed by atoms with Crippen molar-refractivity contribution in [3.05, 3.63) is 29.8 Å². The molecule has 1 rings (SSSR count). The Balaban J connectivity index is 3.68. The minimum Gasteiger partial charge on any atom is -0.508 e. The molecule has 0 heterocycles. The summed E-state index contributed by atoms with van der Waals surface area (Å²) in [4.78, 5) is 166. The molecule has 38 heteroatoms. The molecule has 528 valence electrons. The second-order valence-electron chi connectivity index (χ2n) is 22.2. The minimum absolute atomic E-state index is 0.00581. The molecular weight excluding hydrogens is 1240 g/mol. The molecule has 0 aromatic heterocycles. The van der Waals surface area contributed by atoms with Crippen LogP contribution in [0.25, 0.3) is 0 Å². The van der Waals surface area contributed by atoms with Gasteiger partial charge in [-0.1, -0.05) is 52.7 Å². The normalized spacial score (nSPS) is 15.1. The number of carbonyl (C=O) groups excluding carboxylic acids is 9. The molecule has 1 aromatic carbocycles. The monoisotopic (exact) mass is 1330 g/mol. The van der Waals surface area contributed by atoms with E-state index in [4.69, 9.17) is 51.6 Å². The second-order valence-corrected chi connectivity index (χ2v) is 22.2. The summed E-state index contributed by atoms with van der Waals surface area (Å²) in [5, 5.41) is 72.9. The molecule has 0 saturated heterocycles. The molecular formula is C56H98N22O16. The Labute approximate surface area is 543 Å². The Hall–Kier alpha value is -9.85. The van der Waals surface area contributed by atoms with Crippen LogP contribution in [0.1, 0.15) is 111 Å². The van der Waals surface area contributed by atoms with E-state index in [2.05, 4.69) is 67.8 Å². The van der Waals surface area contributed by atoms with Gasteiger partial charge in [-0.2, -0.15) is 0 Å². The van der Waals surface area contributed by atoms with Crippen molar-refractivity contribution < 1.29 is 78.3 Å². The van der Waals surface area contributed by atoms with Crippen LogP contribution in [-0.4, -0.2) is 214 Å². The number of aromatic hydroxyl groups is 1. The number of nitrogens with two attached hydrogens (primary N) is 9. The second kappa shape index (κ2) is 43.1. The molecule has 0 unspecified atom stereocenters. The molecule has 0 saturated carbocycles. The molecule has 0 aliphatic rings. The van der Waals surface area contributed by atoms with Gasteiger partial charge in [0.05, 0.1) is 25.2 Å². The van der Waals surface area contributed by atoms with E-state index in [0.29, 0.717) is 5.56 Å². The maximum absolute atomic E-state index is 14.6. The zero-order valence-corrected chi connectivity index (χ0v) is 53.5. The third kappa shape index (κ3) is 31.9. The largest absolute Gasteiger partial charge is 0.508 e. The minimum atomic E-state index is -1.97. The summed E-state index contributed by atoms with van der Waals surface area (Å²) >= 11 is 0. The van der Waals surface area contributed by atoms with Gasteiger partial charge in [0, 0.05) is 32.6 Å². The smallest absolute Gasteiger partial charge is 0.326 e. The highest BCUT2D eigenvalue weighted by atomic mass is 16.4. The third-order valence-corrected chi connectivity index (χ3v) is 14.5. The predicted octanol–water partition coefficient (Wildman–Crippen LogP) is -8.14. The SMILES string of the molecule is CC[C@H](C)[C@H](NC(=O)[C@H](Cc1ccc(O)cc1)NC(=O)[C@@H](NC(=O)[C@H](CC(=O)O)NC(=O)[C@H](CCCN=C(N)N)NC(=O)[C@@H](NC(=O)[C@@H](N)CCCN=C(N)N)[C@@H](C)O)[C@@H](C)CC)C(=O)N[C@@H](CO)C(=O)N[C@@H](CCCN=C(N)N)C(=O)N[C@@H](CCCN=C(N)N)C(=O)O. The zero-order chi connectivity index (χ0) is 71.4. The molecule has 0 aliphatic heterocycles. The van der Waals surface area contributed by atoms with E-state index < -0.39 is 156 Å². The lowest BCUT2D eigenvalue weighted by molar-refractivity contribution is -0.143. The fourth-order valence-corrected chi connectivity index (χ4v) is 8.79. The Morgan fingerprint density at radius 3 is 1.16 bits per heavy atom. The fourth-order valence-electron chi connectivity index (χ4n) is 8.79. The number of aliphatic hydroxyl groups is 2. The third-order valence-electron chi connectivity index (χ3n) is 14.5. The van der Waals surface area contributed by atoms with Gasteiger partial charge >= 0.3 is 11.9 Å². The van der Waals surface area contributed by atoms with Gasteiger partial charge in [-0.15, -0.1) is 0 Å². The van der Waals surface area contributed by atoms with Crippen molar-refractivity contribution in [3.63, 3.8) is 0 Å². The van der Waals surface area contributed by atoms with Gasteiger partial charge in [0.15, 0.2) is 23.8 Å². The summed E-state index contributed by atoms with van der Waals surface area (Å²) in [6, 6.07) is -10.5. The van der Waals surface area contributed by atoms with E-state index in [1.54, 1.807) is 20.8 Å². The number of aliphatic carboxylic acids is 2. The van der Waals surface area contributed by atoms with Gasteiger partial charge in [0.2, 0.25) is 53.2 Å². The number of nitrogens with one attached hydrogen (secondary N) is 9. The van der Waals surface area contributed by atoms with Gasteiger partial charge in [-0.25, -0.2) is 4.79 Å². The van der Waals surface area contributed by atoms with Gasteiger partial charge in [0.1, 0.15) is 60.1 Å². The highest BCUT2D eigenvalue weighted by Crippen LogP contribution is 2.16. The number of hydrogen-bond acceptors (Lipinski definition) is 19. The number of aliphatic hydroxyl groups excluding tert-OH is 2. The van der Waals surface area contributed by atoms with Crippen LogP contribution in [0.3, 0.4) is 0 Å². The summed E-state index contributed by atoms with van der Waals surface area (Å²) in [7, 11) is 0. The van der Waals surface area contributed by atoms with Gasteiger partial charge < -0.3 is 125 Å². The Morgan fingerprint density at radius 2 is 0.766 bits per heavy atom. The molecule has 13 atom stereocenters. The number of amides is 9. The standard InChI is InChI=1S/C56H98N22O16/c1-6-27(3)40(77-47(88)37(25-39(82)83)73-45(86)34(14-10-22-68-55(62)63)71-51(92)42(29(5)80)78-43(84)32(57)12-8-20-66-53(58)59)49(90)74-36(24-30-16-18-31(81)19-17-30)46(87)76-41(28(4)7-2)50(91)75-38(26-79)48(89)70-33(13-9-21-67-54(60)61)44(85)72-35(52(93)94)15-11-23-69-56(64)65/h16-19,27-29,32-38,40-42,79-81H,6-15,20-26,57H2,1-5H3,(H,70,89)(H,71,92)(H,72,85)(H,73,86)(H,74,90)(H,75,91)(H,76,87)(H,77,88)(H,78,84)(H,82,83)(H,93,94)(H4,58,59,66)(H4,60,61,67)(H4,62,63,68)(H4,64,65,69)/t27-,28-,29+,32-,33-,34-,35-,36-,37-,38-,40-,41-,42-/m0/s1. The number of phenolic OH excluding ortho intramolecular Hbond substituents is 1. The van der Waals surface area contributed by atoms with Crippen LogP contribution in [0.4, 0.5) is 0 Å². The maximum atomic E-state index is 14.6. The Kier molecular flexibility index (Phi) is 37.6. The number of carboxylic acids is 2. The molecule has 0 fully saturated rings. The predicted molar refractivity (Wildman–Crippen MR) is 344 cm³/mol. The average molecular weight is 1340 g/mol. The lowest BCUT2D eigenvalue weighted by Gasteiger charge is -2.30. The molecule has 9 amide bonds. The van der Waals surface area contributed by atoms with Crippen molar-refractivity contribution in [2.24, 2.45) is 83.4 Å². The molecule has 0 spiro atoms. The number of aliphatic imine (C=N–C) groups is 4. The van der Waals surface area contributed by atoms with Crippen LogP contribution in [0, 0.1) is 11.8 Å². The summed E-state index contributed by atoms with van der Waals surface area (Å²) in [5.74, 6) is -15.2. The van der Waals surface area contributed by atoms with E-state index in [9.17, 15) is 78.3 Å². The van der Waals surface area contributed by atoms with Crippen molar-refractivity contribution in [2.45, 2.75) is 178 Å². The summed E-state index contributed by atoms with van der Waals surface area (Å²) in [6.07, 6.45) is -2.68. The van der Waals surface area contributed by atoms with E-state index in [0.717, 1.165) is 0 Å². The fraction of sp³-hybridized carbons (Fsp3) is 0.625. The molecule has 0 bridgehead atoms. The van der Waals surface area contributed by atoms with Crippen LogP contribution in [0.15, 0.2) is 44.2 Å². The first-order valence-electron chi connectivity index (χ1n) is 30.4. The highest BCUT2D eigenvalue weighted by molar-refractivity contribution is 5.99. The van der Waals surface area contributed by atoms with Crippen LogP contribution in [0.2, 0.25) is 0 Å². The number of carbonyl (C=O) groups is 11. The van der Waals surface area contributed by atoms with Crippen molar-refractivity contribution >= 4 is 88.9 Å². The van der Waals surface area contributed by atoms with E-state index in [-0.39, 0.29) is 126 Å². The Bertz CT molecular complexity index is 2790. The van der Waals surface area contributed by atoms with Gasteiger partial charge in [0.25, 0.3) is 0 Å². The first kappa shape index (κ1) is 82.2. The van der Waals surface area contributed by atoms with E-state index >= 15 is 0 Å². The van der Waals surface area contributed by atoms with Crippen molar-refractivity contribution in [2.75, 3.05) is 32.8 Å². The molecule has 1 aromatic rings. The Morgan fingerprint density at radius 1 is 0.436 bits per heavy atom. The van der Waals surface area contributed by atoms with Crippen LogP contribution in [-0.2, 0) is 59.2 Å². The lowest BCUT2D eigenvalue weighted by Crippen LogP contribution is -2.62. The summed E-state index contributed by atoms with van der Waals surface area (Å²) in [5.41, 5.74) is 49.5. The van der Waals surface area contributed by atoms with Crippen LogP contribution < -0.4 is 99.5 Å². The van der Waals surface area contributed by atoms with E-state index in [1.807, 2.05) is 0 Å². The average Bonchev–Trinajstić information content (AvgIpc) is 0.934. The summed E-state index contributed by atoms with van der Waals surface area (Å²) in [6.45, 7) is 6.58. The molecule has 32 N–H and O–H groups in total. The topological polar surface area (TPSA) is 681 Å². The number of carboxylic acid groups (broad SMARTS) is 2. The van der Waals surface area contributed by atoms with Gasteiger partial charge in [-0.3, -0.25) is 67.9 Å². The number of hydrogen-bond donors (Lipinski definition) is 23.